The summed E-state index contributed by atoms with van der Waals surface area (Å²) >= 11 is 0. The van der Waals surface area contributed by atoms with E-state index >= 15 is 0 Å². The van der Waals surface area contributed by atoms with Crippen molar-refractivity contribution >= 4 is 5.78 Å². The number of Topliss-reactive ketones (excluding diaryl/α,β-unsaturated/α-hetero) is 1. The molecule has 0 amide bonds. The van der Waals surface area contributed by atoms with E-state index in [4.69, 9.17) is 0 Å². The second kappa shape index (κ2) is 5.19. The van der Waals surface area contributed by atoms with Gasteiger partial charge >= 0.3 is 0 Å². The molecule has 3 heteroatoms. The van der Waals surface area contributed by atoms with E-state index in [9.17, 15) is 13.6 Å². The first-order valence-electron chi connectivity index (χ1n) is 5.32. The normalized spacial score (nSPS) is 11.5. The molecule has 0 aliphatic rings. The van der Waals surface area contributed by atoms with Crippen LogP contribution in [0, 0.1) is 0 Å². The Morgan fingerprint density at radius 1 is 1.19 bits per heavy atom. The van der Waals surface area contributed by atoms with Crippen LogP contribution in [-0.2, 0) is 17.6 Å². The van der Waals surface area contributed by atoms with Gasteiger partial charge in [0.15, 0.2) is 0 Å². The number of aryl methyl sites for hydroxylation is 1. The summed E-state index contributed by atoms with van der Waals surface area (Å²) in [5.41, 5.74) is 1.81. The molecule has 0 unspecified atom stereocenters. The van der Waals surface area contributed by atoms with Crippen molar-refractivity contribution in [3.8, 4) is 0 Å². The number of carbonyl (C=O) groups is 1. The molecule has 0 bridgehead atoms. The summed E-state index contributed by atoms with van der Waals surface area (Å²) in [6.45, 7) is 2.46. The Bertz CT molecular complexity index is 349. The van der Waals surface area contributed by atoms with Crippen molar-refractivity contribution in [1.82, 2.24) is 0 Å². The minimum absolute atomic E-state index is 0.104. The fraction of sp³-hybridized carbons (Fsp3) is 0.462. The summed E-state index contributed by atoms with van der Waals surface area (Å²) in [6, 6.07) is 7.27. The van der Waals surface area contributed by atoms with Crippen molar-refractivity contribution < 1.29 is 13.6 Å². The van der Waals surface area contributed by atoms with Crippen molar-refractivity contribution in [2.45, 2.75) is 39.0 Å². The van der Waals surface area contributed by atoms with E-state index in [1.165, 1.54) is 6.92 Å². The van der Waals surface area contributed by atoms with Gasteiger partial charge in [-0.25, -0.2) is 8.78 Å². The number of ketones is 1. The van der Waals surface area contributed by atoms with Gasteiger partial charge in [0, 0.05) is 12.8 Å². The smallest absolute Gasteiger partial charge is 0.245 e. The highest BCUT2D eigenvalue weighted by Gasteiger charge is 2.20. The molecule has 0 aromatic heterocycles. The van der Waals surface area contributed by atoms with E-state index < -0.39 is 5.92 Å². The maximum Gasteiger partial charge on any atom is 0.245 e. The standard InChI is InChI=1S/C13H16F2O/c1-10(16)9-12-5-3-11(4-6-12)7-8-13(2,14)15/h3-6H,7-9H2,1-2H3. The van der Waals surface area contributed by atoms with Crippen LogP contribution in [0.1, 0.15) is 31.4 Å². The second-order valence-corrected chi connectivity index (χ2v) is 4.27. The fourth-order valence-corrected chi connectivity index (χ4v) is 1.48. The molecule has 16 heavy (non-hydrogen) atoms. The van der Waals surface area contributed by atoms with Gasteiger partial charge in [-0.1, -0.05) is 24.3 Å². The van der Waals surface area contributed by atoms with Crippen molar-refractivity contribution in [2.75, 3.05) is 0 Å². The molecule has 0 saturated carbocycles. The molecule has 0 fully saturated rings. The SMILES string of the molecule is CC(=O)Cc1ccc(CCC(C)(F)F)cc1. The summed E-state index contributed by atoms with van der Waals surface area (Å²) in [5, 5.41) is 0. The molecule has 0 radical (unpaired) electrons. The van der Waals surface area contributed by atoms with E-state index in [1.54, 1.807) is 0 Å². The second-order valence-electron chi connectivity index (χ2n) is 4.27. The highest BCUT2D eigenvalue weighted by Crippen LogP contribution is 2.19. The molecule has 0 N–H and O–H groups in total. The largest absolute Gasteiger partial charge is 0.300 e. The van der Waals surface area contributed by atoms with Gasteiger partial charge in [-0.3, -0.25) is 4.79 Å². The van der Waals surface area contributed by atoms with Gasteiger partial charge in [0.25, 0.3) is 0 Å². The van der Waals surface area contributed by atoms with Gasteiger partial charge in [0.2, 0.25) is 5.92 Å². The molecular weight excluding hydrogens is 210 g/mol. The van der Waals surface area contributed by atoms with E-state index in [2.05, 4.69) is 0 Å². The number of rotatable bonds is 5. The molecule has 0 atom stereocenters. The Morgan fingerprint density at radius 2 is 1.69 bits per heavy atom. The van der Waals surface area contributed by atoms with Crippen LogP contribution in [0.5, 0.6) is 0 Å². The molecule has 1 rings (SSSR count). The van der Waals surface area contributed by atoms with Crippen molar-refractivity contribution in [3.63, 3.8) is 0 Å². The lowest BCUT2D eigenvalue weighted by Crippen LogP contribution is -2.10. The number of hydrogen-bond acceptors (Lipinski definition) is 1. The van der Waals surface area contributed by atoms with E-state index in [1.807, 2.05) is 24.3 Å². The summed E-state index contributed by atoms with van der Waals surface area (Å²) in [7, 11) is 0. The number of benzene rings is 1. The van der Waals surface area contributed by atoms with Crippen LogP contribution in [0.25, 0.3) is 0 Å². The molecule has 1 aromatic rings. The first-order chi connectivity index (χ1) is 7.37. The molecule has 88 valence electrons. The highest BCUT2D eigenvalue weighted by molar-refractivity contribution is 5.78. The van der Waals surface area contributed by atoms with Crippen molar-refractivity contribution in [2.24, 2.45) is 0 Å². The van der Waals surface area contributed by atoms with Crippen LogP contribution >= 0.6 is 0 Å². The summed E-state index contributed by atoms with van der Waals surface area (Å²) in [4.78, 5) is 10.9. The van der Waals surface area contributed by atoms with Gasteiger partial charge in [-0.05, 0) is 31.4 Å². The zero-order valence-corrected chi connectivity index (χ0v) is 9.59. The van der Waals surface area contributed by atoms with Crippen LogP contribution in [0.4, 0.5) is 8.78 Å². The van der Waals surface area contributed by atoms with Crippen LogP contribution in [-0.4, -0.2) is 11.7 Å². The molecule has 0 spiro atoms. The molecule has 0 aliphatic heterocycles. The van der Waals surface area contributed by atoms with Gasteiger partial charge in [0.05, 0.1) is 0 Å². The number of carbonyl (C=O) groups excluding carboxylic acids is 1. The Morgan fingerprint density at radius 3 is 2.12 bits per heavy atom. The lowest BCUT2D eigenvalue weighted by molar-refractivity contribution is -0.116. The molecule has 1 nitrogen and oxygen atoms in total. The van der Waals surface area contributed by atoms with Crippen LogP contribution < -0.4 is 0 Å². The highest BCUT2D eigenvalue weighted by atomic mass is 19.3. The van der Waals surface area contributed by atoms with Crippen molar-refractivity contribution in [3.05, 3.63) is 35.4 Å². The topological polar surface area (TPSA) is 17.1 Å². The van der Waals surface area contributed by atoms with E-state index in [0.29, 0.717) is 12.8 Å². The minimum Gasteiger partial charge on any atom is -0.300 e. The summed E-state index contributed by atoms with van der Waals surface area (Å²) in [5.74, 6) is -2.51. The Hall–Kier alpha value is -1.25. The zero-order valence-electron chi connectivity index (χ0n) is 9.59. The van der Waals surface area contributed by atoms with Crippen LogP contribution in [0.15, 0.2) is 24.3 Å². The van der Waals surface area contributed by atoms with Gasteiger partial charge in [-0.2, -0.15) is 0 Å². The van der Waals surface area contributed by atoms with E-state index in [0.717, 1.165) is 18.1 Å². The van der Waals surface area contributed by atoms with Crippen LogP contribution in [0.3, 0.4) is 0 Å². The molecular formula is C13H16F2O. The molecule has 1 aromatic carbocycles. The quantitative estimate of drug-likeness (QED) is 0.752. The van der Waals surface area contributed by atoms with Gasteiger partial charge in [0.1, 0.15) is 5.78 Å². The zero-order chi connectivity index (χ0) is 12.2. The Labute approximate surface area is 94.5 Å². The lowest BCUT2D eigenvalue weighted by atomic mass is 10.0. The van der Waals surface area contributed by atoms with Gasteiger partial charge < -0.3 is 0 Å². The fourth-order valence-electron chi connectivity index (χ4n) is 1.48. The predicted molar refractivity (Wildman–Crippen MR) is 59.8 cm³/mol. The number of hydrogen-bond donors (Lipinski definition) is 0. The van der Waals surface area contributed by atoms with Crippen molar-refractivity contribution in [1.29, 1.82) is 0 Å². The third-order valence-electron chi connectivity index (χ3n) is 2.33. The molecule has 0 aliphatic carbocycles. The first kappa shape index (κ1) is 12.8. The van der Waals surface area contributed by atoms with E-state index in [-0.39, 0.29) is 12.2 Å². The predicted octanol–water partition coefficient (Wildman–Crippen LogP) is 3.41. The number of alkyl halides is 2. The number of halogens is 2. The van der Waals surface area contributed by atoms with Gasteiger partial charge in [-0.15, -0.1) is 0 Å². The monoisotopic (exact) mass is 226 g/mol. The molecule has 0 heterocycles. The summed E-state index contributed by atoms with van der Waals surface area (Å²) < 4.78 is 25.2. The maximum atomic E-state index is 12.6. The average molecular weight is 226 g/mol. The third-order valence-corrected chi connectivity index (χ3v) is 2.33. The molecule has 0 saturated heterocycles. The lowest BCUT2D eigenvalue weighted by Gasteiger charge is -2.09. The summed E-state index contributed by atoms with van der Waals surface area (Å²) in [6.07, 6.45) is 0.632. The van der Waals surface area contributed by atoms with Crippen LogP contribution in [0.2, 0.25) is 0 Å². The Kier molecular flexibility index (Phi) is 4.16. The Balaban J connectivity index is 2.55. The first-order valence-corrected chi connectivity index (χ1v) is 5.32. The third kappa shape index (κ3) is 5.01. The minimum atomic E-state index is -2.61. The average Bonchev–Trinajstić information content (AvgIpc) is 2.14. The maximum absolute atomic E-state index is 12.6.